The molecule has 8 aromatic rings. The van der Waals surface area contributed by atoms with E-state index in [1.807, 2.05) is 0 Å². The molecule has 2 heterocycles. The first-order valence-corrected chi connectivity index (χ1v) is 14.1. The van der Waals surface area contributed by atoms with Crippen LogP contribution in [-0.4, -0.2) is 0 Å². The maximum absolute atomic E-state index is 6.47. The predicted octanol–water partition coefficient (Wildman–Crippen LogP) is 11.4. The van der Waals surface area contributed by atoms with Gasteiger partial charge in [-0.1, -0.05) is 83.9 Å². The summed E-state index contributed by atoms with van der Waals surface area (Å²) in [5, 5.41) is 4.60. The summed E-state index contributed by atoms with van der Waals surface area (Å²) in [6.45, 7) is 6.43. The summed E-state index contributed by atoms with van der Waals surface area (Å²) in [6.07, 6.45) is 0. The van der Waals surface area contributed by atoms with Gasteiger partial charge in [-0.05, 0) is 91.1 Å². The SMILES string of the molecule is Cc1cc(-c2cc(-c3ccccc3)c3oc4ccc(C)cc4c3c2)cc(-c2cccc3c2oc2ccc(C)cc23)c1. The normalized spacial score (nSPS) is 11.8. The van der Waals surface area contributed by atoms with Gasteiger partial charge >= 0.3 is 0 Å². The number of benzene rings is 6. The van der Waals surface area contributed by atoms with Crippen molar-refractivity contribution in [2.24, 2.45) is 0 Å². The summed E-state index contributed by atoms with van der Waals surface area (Å²) in [5.41, 5.74) is 14.2. The molecule has 0 atom stereocenters. The van der Waals surface area contributed by atoms with Crippen molar-refractivity contribution in [3.05, 3.63) is 132 Å². The minimum Gasteiger partial charge on any atom is -0.455 e. The fourth-order valence-electron chi connectivity index (χ4n) is 6.24. The van der Waals surface area contributed by atoms with Crippen LogP contribution >= 0.6 is 0 Å². The minimum absolute atomic E-state index is 0.914. The standard InChI is InChI=1S/C39H28O2/c1-23-12-14-36-33(18-23)31-11-7-10-30(38(31)40-36)29-17-25(3)16-27(20-29)28-21-32(26-8-5-4-6-9-26)39-35(22-28)34-19-24(2)13-15-37(34)41-39/h4-22H,1-3H3. The highest BCUT2D eigenvalue weighted by atomic mass is 16.3. The van der Waals surface area contributed by atoms with Gasteiger partial charge in [0.15, 0.2) is 0 Å². The van der Waals surface area contributed by atoms with E-state index in [0.717, 1.165) is 71.7 Å². The second-order valence-electron chi connectivity index (χ2n) is 11.2. The second kappa shape index (κ2) is 8.97. The summed E-state index contributed by atoms with van der Waals surface area (Å²) in [4.78, 5) is 0. The quantitative estimate of drug-likeness (QED) is 0.228. The Bertz CT molecular complexity index is 2280. The van der Waals surface area contributed by atoms with Gasteiger partial charge in [-0.15, -0.1) is 0 Å². The first-order chi connectivity index (χ1) is 20.0. The van der Waals surface area contributed by atoms with E-state index < -0.39 is 0 Å². The molecule has 0 amide bonds. The maximum Gasteiger partial charge on any atom is 0.143 e. The molecular formula is C39H28O2. The molecular weight excluding hydrogens is 500 g/mol. The molecule has 0 saturated heterocycles. The molecule has 0 aliphatic heterocycles. The van der Waals surface area contributed by atoms with Gasteiger partial charge in [0.2, 0.25) is 0 Å². The number of furan rings is 2. The summed E-state index contributed by atoms with van der Waals surface area (Å²) < 4.78 is 12.9. The molecule has 2 nitrogen and oxygen atoms in total. The van der Waals surface area contributed by atoms with Crippen molar-refractivity contribution in [2.75, 3.05) is 0 Å². The van der Waals surface area contributed by atoms with Gasteiger partial charge in [0, 0.05) is 32.7 Å². The molecule has 196 valence electrons. The van der Waals surface area contributed by atoms with E-state index in [1.165, 1.54) is 22.3 Å². The van der Waals surface area contributed by atoms with Crippen molar-refractivity contribution in [3.8, 4) is 33.4 Å². The van der Waals surface area contributed by atoms with Crippen LogP contribution in [-0.2, 0) is 0 Å². The molecule has 0 aliphatic rings. The lowest BCUT2D eigenvalue weighted by Gasteiger charge is -2.12. The molecule has 6 aromatic carbocycles. The summed E-state index contributed by atoms with van der Waals surface area (Å²) in [7, 11) is 0. The number of rotatable bonds is 3. The average molecular weight is 529 g/mol. The average Bonchev–Trinajstić information content (AvgIpc) is 3.54. The number of hydrogen-bond acceptors (Lipinski definition) is 2. The van der Waals surface area contributed by atoms with Crippen molar-refractivity contribution in [2.45, 2.75) is 20.8 Å². The van der Waals surface area contributed by atoms with Crippen molar-refractivity contribution >= 4 is 43.9 Å². The lowest BCUT2D eigenvalue weighted by Crippen LogP contribution is -1.87. The summed E-state index contributed by atoms with van der Waals surface area (Å²) in [6, 6.07) is 41.2. The van der Waals surface area contributed by atoms with Crippen LogP contribution in [0.5, 0.6) is 0 Å². The van der Waals surface area contributed by atoms with Crippen molar-refractivity contribution in [1.82, 2.24) is 0 Å². The second-order valence-corrected chi connectivity index (χ2v) is 11.2. The molecule has 0 radical (unpaired) electrons. The number of para-hydroxylation sites is 1. The van der Waals surface area contributed by atoms with Gasteiger partial charge < -0.3 is 8.83 Å². The molecule has 0 bridgehead atoms. The molecule has 0 N–H and O–H groups in total. The smallest absolute Gasteiger partial charge is 0.143 e. The predicted molar refractivity (Wildman–Crippen MR) is 172 cm³/mol. The Morgan fingerprint density at radius 2 is 1.00 bits per heavy atom. The Labute approximate surface area is 238 Å². The Kier molecular flexibility index (Phi) is 5.20. The summed E-state index contributed by atoms with van der Waals surface area (Å²) in [5.74, 6) is 0. The third-order valence-corrected chi connectivity index (χ3v) is 8.18. The molecule has 41 heavy (non-hydrogen) atoms. The highest BCUT2D eigenvalue weighted by Crippen LogP contribution is 2.42. The van der Waals surface area contributed by atoms with Gasteiger partial charge in [0.1, 0.15) is 22.3 Å². The van der Waals surface area contributed by atoms with Gasteiger partial charge in [-0.25, -0.2) is 0 Å². The van der Waals surface area contributed by atoms with Gasteiger partial charge in [0.25, 0.3) is 0 Å². The van der Waals surface area contributed by atoms with Crippen LogP contribution in [0.15, 0.2) is 124 Å². The monoisotopic (exact) mass is 528 g/mol. The highest BCUT2D eigenvalue weighted by Gasteiger charge is 2.17. The van der Waals surface area contributed by atoms with Crippen LogP contribution in [0.2, 0.25) is 0 Å². The zero-order valence-corrected chi connectivity index (χ0v) is 23.3. The van der Waals surface area contributed by atoms with Gasteiger partial charge in [-0.3, -0.25) is 0 Å². The lowest BCUT2D eigenvalue weighted by atomic mass is 9.92. The minimum atomic E-state index is 0.914. The topological polar surface area (TPSA) is 26.3 Å². The van der Waals surface area contributed by atoms with E-state index in [0.29, 0.717) is 0 Å². The third kappa shape index (κ3) is 3.87. The largest absolute Gasteiger partial charge is 0.455 e. The number of hydrogen-bond donors (Lipinski definition) is 0. The van der Waals surface area contributed by atoms with E-state index >= 15 is 0 Å². The fraction of sp³-hybridized carbons (Fsp3) is 0.0769. The fourth-order valence-corrected chi connectivity index (χ4v) is 6.24. The zero-order chi connectivity index (χ0) is 27.7. The van der Waals surface area contributed by atoms with Crippen LogP contribution in [0.1, 0.15) is 16.7 Å². The molecule has 2 aromatic heterocycles. The molecule has 8 rings (SSSR count). The maximum atomic E-state index is 6.47. The lowest BCUT2D eigenvalue weighted by molar-refractivity contribution is 0.669. The molecule has 0 unspecified atom stereocenters. The molecule has 0 aliphatic carbocycles. The third-order valence-electron chi connectivity index (χ3n) is 8.18. The zero-order valence-electron chi connectivity index (χ0n) is 23.3. The van der Waals surface area contributed by atoms with Crippen LogP contribution in [0.4, 0.5) is 0 Å². The summed E-state index contributed by atoms with van der Waals surface area (Å²) >= 11 is 0. The number of aryl methyl sites for hydroxylation is 3. The van der Waals surface area contributed by atoms with Crippen molar-refractivity contribution in [3.63, 3.8) is 0 Å². The van der Waals surface area contributed by atoms with Gasteiger partial charge in [-0.2, -0.15) is 0 Å². The van der Waals surface area contributed by atoms with Gasteiger partial charge in [0.05, 0.1) is 0 Å². The molecule has 0 saturated carbocycles. The Balaban J connectivity index is 1.38. The highest BCUT2D eigenvalue weighted by molar-refractivity contribution is 6.12. The van der Waals surface area contributed by atoms with E-state index in [-0.39, 0.29) is 0 Å². The van der Waals surface area contributed by atoms with Crippen LogP contribution in [0, 0.1) is 20.8 Å². The van der Waals surface area contributed by atoms with Crippen molar-refractivity contribution < 1.29 is 8.83 Å². The molecule has 0 spiro atoms. The Hall–Kier alpha value is -5.08. The van der Waals surface area contributed by atoms with E-state index in [2.05, 4.69) is 136 Å². The first-order valence-electron chi connectivity index (χ1n) is 14.1. The molecule has 2 heteroatoms. The van der Waals surface area contributed by atoms with E-state index in [9.17, 15) is 0 Å². The number of fused-ring (bicyclic) bond motifs is 6. The van der Waals surface area contributed by atoms with E-state index in [4.69, 9.17) is 8.83 Å². The van der Waals surface area contributed by atoms with Crippen LogP contribution in [0.3, 0.4) is 0 Å². The van der Waals surface area contributed by atoms with E-state index in [1.54, 1.807) is 0 Å². The Morgan fingerprint density at radius 3 is 1.73 bits per heavy atom. The molecule has 0 fully saturated rings. The van der Waals surface area contributed by atoms with Crippen LogP contribution < -0.4 is 0 Å². The Morgan fingerprint density at radius 1 is 0.366 bits per heavy atom. The van der Waals surface area contributed by atoms with Crippen molar-refractivity contribution in [1.29, 1.82) is 0 Å². The first kappa shape index (κ1) is 23.8. The van der Waals surface area contributed by atoms with Crippen LogP contribution in [0.25, 0.3) is 77.3 Å².